The summed E-state index contributed by atoms with van der Waals surface area (Å²) in [7, 11) is -3.16. The molecule has 0 amide bonds. The summed E-state index contributed by atoms with van der Waals surface area (Å²) in [4.78, 5) is 0. The zero-order valence-electron chi connectivity index (χ0n) is 15.7. The lowest BCUT2D eigenvalue weighted by Gasteiger charge is -2.18. The highest BCUT2D eigenvalue weighted by atomic mass is 35.5. The predicted octanol–water partition coefficient (Wildman–Crippen LogP) is 2.99. The molecule has 0 atom stereocenters. The summed E-state index contributed by atoms with van der Waals surface area (Å²) >= 11 is 6.36. The standard InChI is InChI=1S/C18H27ClN4O2S/c1-5-26(24,25)21-11-10-20-12-14-13-23(18(2,3)4)22-17(14)15-8-6-7-9-16(15)19/h6-9,13,20-21H,5,10-12H2,1-4H3. The molecule has 0 radical (unpaired) electrons. The van der Waals surface area contributed by atoms with Crippen LogP contribution in [0, 0.1) is 0 Å². The quantitative estimate of drug-likeness (QED) is 0.670. The van der Waals surface area contributed by atoms with Crippen molar-refractivity contribution in [3.8, 4) is 11.3 Å². The van der Waals surface area contributed by atoms with E-state index in [0.29, 0.717) is 24.7 Å². The van der Waals surface area contributed by atoms with E-state index in [1.807, 2.05) is 35.1 Å². The van der Waals surface area contributed by atoms with Crippen LogP contribution in [0.15, 0.2) is 30.5 Å². The first-order valence-electron chi connectivity index (χ1n) is 8.66. The van der Waals surface area contributed by atoms with Crippen molar-refractivity contribution in [2.75, 3.05) is 18.8 Å². The molecule has 0 bridgehead atoms. The fourth-order valence-electron chi connectivity index (χ4n) is 2.38. The summed E-state index contributed by atoms with van der Waals surface area (Å²) in [5.74, 6) is 0.0853. The van der Waals surface area contributed by atoms with Crippen molar-refractivity contribution in [1.82, 2.24) is 19.8 Å². The van der Waals surface area contributed by atoms with Crippen LogP contribution in [-0.2, 0) is 22.1 Å². The van der Waals surface area contributed by atoms with Gasteiger partial charge in [0.05, 0.1) is 22.0 Å². The second kappa shape index (κ2) is 8.52. The van der Waals surface area contributed by atoms with Gasteiger partial charge < -0.3 is 5.32 Å². The maximum Gasteiger partial charge on any atom is 0.211 e. The van der Waals surface area contributed by atoms with Gasteiger partial charge in [-0.05, 0) is 33.8 Å². The van der Waals surface area contributed by atoms with E-state index in [0.717, 1.165) is 16.8 Å². The number of nitrogens with zero attached hydrogens (tertiary/aromatic N) is 2. The number of nitrogens with one attached hydrogen (secondary N) is 2. The Kier molecular flexibility index (Phi) is 6.85. The van der Waals surface area contributed by atoms with Crippen LogP contribution in [0.5, 0.6) is 0 Å². The van der Waals surface area contributed by atoms with E-state index in [1.54, 1.807) is 6.92 Å². The summed E-state index contributed by atoms with van der Waals surface area (Å²) in [5.41, 5.74) is 2.60. The third-order valence-electron chi connectivity index (χ3n) is 3.93. The minimum atomic E-state index is -3.16. The smallest absolute Gasteiger partial charge is 0.211 e. The molecule has 2 rings (SSSR count). The summed E-state index contributed by atoms with van der Waals surface area (Å²) in [6, 6.07) is 7.64. The first kappa shape index (κ1) is 20.9. The Bertz CT molecular complexity index is 841. The van der Waals surface area contributed by atoms with Gasteiger partial charge in [-0.3, -0.25) is 4.68 Å². The van der Waals surface area contributed by atoms with E-state index in [1.165, 1.54) is 0 Å². The van der Waals surface area contributed by atoms with Crippen LogP contribution in [0.25, 0.3) is 11.3 Å². The molecule has 1 aromatic heterocycles. The Labute approximate surface area is 161 Å². The maximum absolute atomic E-state index is 11.5. The minimum absolute atomic E-state index is 0.0853. The third-order valence-corrected chi connectivity index (χ3v) is 5.66. The van der Waals surface area contributed by atoms with Gasteiger partial charge in [0, 0.05) is 37.0 Å². The van der Waals surface area contributed by atoms with Crippen LogP contribution in [0.1, 0.15) is 33.3 Å². The summed E-state index contributed by atoms with van der Waals surface area (Å²) in [5, 5.41) is 8.67. The number of rotatable bonds is 8. The molecule has 8 heteroatoms. The summed E-state index contributed by atoms with van der Waals surface area (Å²) < 4.78 is 27.4. The molecular weight excluding hydrogens is 372 g/mol. The highest BCUT2D eigenvalue weighted by Gasteiger charge is 2.20. The Morgan fingerprint density at radius 2 is 1.88 bits per heavy atom. The van der Waals surface area contributed by atoms with Crippen LogP contribution >= 0.6 is 11.6 Å². The zero-order chi connectivity index (χ0) is 19.4. The fourth-order valence-corrected chi connectivity index (χ4v) is 3.23. The molecular formula is C18H27ClN4O2S. The van der Waals surface area contributed by atoms with Crippen LogP contribution in [0.3, 0.4) is 0 Å². The highest BCUT2D eigenvalue weighted by Crippen LogP contribution is 2.30. The van der Waals surface area contributed by atoms with Gasteiger partial charge in [0.1, 0.15) is 0 Å². The lowest BCUT2D eigenvalue weighted by atomic mass is 10.1. The van der Waals surface area contributed by atoms with E-state index in [2.05, 4.69) is 30.8 Å². The van der Waals surface area contributed by atoms with Crippen molar-refractivity contribution < 1.29 is 8.42 Å². The molecule has 0 aliphatic rings. The predicted molar refractivity (Wildman–Crippen MR) is 107 cm³/mol. The van der Waals surface area contributed by atoms with Gasteiger partial charge in [-0.2, -0.15) is 5.10 Å². The first-order chi connectivity index (χ1) is 12.1. The summed E-state index contributed by atoms with van der Waals surface area (Å²) in [6.07, 6.45) is 2.02. The molecule has 144 valence electrons. The van der Waals surface area contributed by atoms with Crippen LogP contribution in [0.4, 0.5) is 0 Å². The number of benzene rings is 1. The molecule has 0 saturated carbocycles. The zero-order valence-corrected chi connectivity index (χ0v) is 17.3. The van der Waals surface area contributed by atoms with E-state index >= 15 is 0 Å². The molecule has 2 aromatic rings. The minimum Gasteiger partial charge on any atom is -0.311 e. The van der Waals surface area contributed by atoms with E-state index in [9.17, 15) is 8.42 Å². The van der Waals surface area contributed by atoms with E-state index < -0.39 is 10.0 Å². The van der Waals surface area contributed by atoms with Gasteiger partial charge in [-0.1, -0.05) is 29.8 Å². The molecule has 0 unspecified atom stereocenters. The molecule has 0 fully saturated rings. The lowest BCUT2D eigenvalue weighted by molar-refractivity contribution is 0.356. The van der Waals surface area contributed by atoms with Gasteiger partial charge in [0.15, 0.2) is 0 Å². The normalized spacial score (nSPS) is 12.5. The van der Waals surface area contributed by atoms with Crippen molar-refractivity contribution >= 4 is 21.6 Å². The monoisotopic (exact) mass is 398 g/mol. The molecule has 2 N–H and O–H groups in total. The van der Waals surface area contributed by atoms with Gasteiger partial charge >= 0.3 is 0 Å². The number of hydrogen-bond donors (Lipinski definition) is 2. The second-order valence-corrected chi connectivity index (χ2v) is 9.58. The maximum atomic E-state index is 11.5. The Morgan fingerprint density at radius 3 is 2.50 bits per heavy atom. The van der Waals surface area contributed by atoms with Crippen molar-refractivity contribution in [3.63, 3.8) is 0 Å². The lowest BCUT2D eigenvalue weighted by Crippen LogP contribution is -2.32. The van der Waals surface area contributed by atoms with Crippen LogP contribution in [0.2, 0.25) is 5.02 Å². The molecule has 0 aliphatic heterocycles. The molecule has 0 saturated heterocycles. The second-order valence-electron chi connectivity index (χ2n) is 7.07. The molecule has 26 heavy (non-hydrogen) atoms. The first-order valence-corrected chi connectivity index (χ1v) is 10.7. The fraction of sp³-hybridized carbons (Fsp3) is 0.500. The van der Waals surface area contributed by atoms with Crippen molar-refractivity contribution in [2.24, 2.45) is 0 Å². The average molecular weight is 399 g/mol. The van der Waals surface area contributed by atoms with E-state index in [-0.39, 0.29) is 11.3 Å². The third kappa shape index (κ3) is 5.54. The molecule has 6 nitrogen and oxygen atoms in total. The summed E-state index contributed by atoms with van der Waals surface area (Å²) in [6.45, 7) is 9.34. The SMILES string of the molecule is CCS(=O)(=O)NCCNCc1cn(C(C)(C)C)nc1-c1ccccc1Cl. The number of halogens is 1. The van der Waals surface area contributed by atoms with Crippen molar-refractivity contribution in [3.05, 3.63) is 41.0 Å². The number of hydrogen-bond acceptors (Lipinski definition) is 4. The van der Waals surface area contributed by atoms with Gasteiger partial charge in [0.25, 0.3) is 0 Å². The molecule has 1 aromatic carbocycles. The van der Waals surface area contributed by atoms with Gasteiger partial charge in [0.2, 0.25) is 10.0 Å². The Hall–Kier alpha value is -1.41. The largest absolute Gasteiger partial charge is 0.311 e. The number of aromatic nitrogens is 2. The molecule has 0 aliphatic carbocycles. The highest BCUT2D eigenvalue weighted by molar-refractivity contribution is 7.89. The Balaban J connectivity index is 2.14. The van der Waals surface area contributed by atoms with E-state index in [4.69, 9.17) is 16.7 Å². The molecule has 0 spiro atoms. The topological polar surface area (TPSA) is 76.0 Å². The molecule has 1 heterocycles. The number of sulfonamides is 1. The Morgan fingerprint density at radius 1 is 1.19 bits per heavy atom. The van der Waals surface area contributed by atoms with Gasteiger partial charge in [-0.25, -0.2) is 13.1 Å². The van der Waals surface area contributed by atoms with Crippen LogP contribution < -0.4 is 10.0 Å². The van der Waals surface area contributed by atoms with Crippen LogP contribution in [-0.4, -0.2) is 37.0 Å². The van der Waals surface area contributed by atoms with Crippen molar-refractivity contribution in [1.29, 1.82) is 0 Å². The average Bonchev–Trinajstić information content (AvgIpc) is 2.99. The van der Waals surface area contributed by atoms with Gasteiger partial charge in [-0.15, -0.1) is 0 Å². The van der Waals surface area contributed by atoms with Crippen molar-refractivity contribution in [2.45, 2.75) is 39.8 Å².